The molecule has 32 heavy (non-hydrogen) atoms. The first-order valence-electron chi connectivity index (χ1n) is 9.52. The highest BCUT2D eigenvalue weighted by atomic mass is 19.3. The maximum Gasteiger partial charge on any atom is 0.342 e. The molecule has 0 fully saturated rings. The molecule has 12 heteroatoms. The number of rotatable bonds is 5. The number of hydrogen-bond acceptors (Lipinski definition) is 8. The molecule has 1 aromatic carbocycles. The Morgan fingerprint density at radius 1 is 1.28 bits per heavy atom. The number of carbonyl (C=O) groups is 2. The number of ether oxygens (including phenoxy) is 2. The van der Waals surface area contributed by atoms with Crippen LogP contribution in [-0.4, -0.2) is 61.6 Å². The summed E-state index contributed by atoms with van der Waals surface area (Å²) in [6, 6.07) is 1.75. The number of amides is 1. The summed E-state index contributed by atoms with van der Waals surface area (Å²) in [5.74, 6) is -6.58. The summed E-state index contributed by atoms with van der Waals surface area (Å²) in [5.41, 5.74) is -0.131. The van der Waals surface area contributed by atoms with Crippen molar-refractivity contribution < 1.29 is 32.2 Å². The summed E-state index contributed by atoms with van der Waals surface area (Å²) < 4.78 is 53.0. The molecule has 0 atom stereocenters. The van der Waals surface area contributed by atoms with Crippen molar-refractivity contribution in [2.24, 2.45) is 0 Å². The van der Waals surface area contributed by atoms with E-state index in [1.165, 1.54) is 25.3 Å². The SMILES string of the molecule is COC(=O)c1cc(OC)c(Nc2ncc3c(n2)N(C(C)C)CC(F)(F)C(=O)N3C)cc1F. The Balaban J connectivity index is 2.05. The van der Waals surface area contributed by atoms with Crippen LogP contribution in [0.5, 0.6) is 5.75 Å². The summed E-state index contributed by atoms with van der Waals surface area (Å²) in [4.78, 5) is 34.4. The molecule has 1 aromatic heterocycles. The molecule has 0 spiro atoms. The Labute approximate surface area is 182 Å². The Morgan fingerprint density at radius 3 is 2.56 bits per heavy atom. The minimum absolute atomic E-state index is 0.0519. The summed E-state index contributed by atoms with van der Waals surface area (Å²) in [7, 11) is 3.66. The fourth-order valence-electron chi connectivity index (χ4n) is 3.22. The third-order valence-electron chi connectivity index (χ3n) is 4.93. The van der Waals surface area contributed by atoms with Crippen LogP contribution in [0, 0.1) is 5.82 Å². The van der Waals surface area contributed by atoms with E-state index in [1.54, 1.807) is 13.8 Å². The summed E-state index contributed by atoms with van der Waals surface area (Å²) >= 11 is 0. The van der Waals surface area contributed by atoms with Gasteiger partial charge in [0.15, 0.2) is 5.82 Å². The van der Waals surface area contributed by atoms with Crippen molar-refractivity contribution in [3.8, 4) is 5.75 Å². The van der Waals surface area contributed by atoms with E-state index >= 15 is 0 Å². The van der Waals surface area contributed by atoms with Crippen LogP contribution in [0.15, 0.2) is 18.3 Å². The molecular weight excluding hydrogens is 431 g/mol. The second kappa shape index (κ2) is 8.52. The highest BCUT2D eigenvalue weighted by molar-refractivity contribution is 6.02. The molecule has 2 heterocycles. The van der Waals surface area contributed by atoms with E-state index in [-0.39, 0.29) is 34.5 Å². The number of nitrogens with zero attached hydrogens (tertiary/aromatic N) is 4. The number of alkyl halides is 2. The molecule has 0 aliphatic carbocycles. The monoisotopic (exact) mass is 453 g/mol. The lowest BCUT2D eigenvalue weighted by Gasteiger charge is -2.29. The zero-order chi connectivity index (χ0) is 23.8. The molecule has 0 unspecified atom stereocenters. The molecule has 0 saturated heterocycles. The topological polar surface area (TPSA) is 96.9 Å². The summed E-state index contributed by atoms with van der Waals surface area (Å²) in [6.45, 7) is 2.52. The van der Waals surface area contributed by atoms with E-state index < -0.39 is 36.2 Å². The van der Waals surface area contributed by atoms with Gasteiger partial charge in [0.05, 0.1) is 38.2 Å². The van der Waals surface area contributed by atoms with E-state index in [0.29, 0.717) is 0 Å². The van der Waals surface area contributed by atoms with E-state index in [1.807, 2.05) is 0 Å². The van der Waals surface area contributed by atoms with Crippen molar-refractivity contribution in [1.82, 2.24) is 9.97 Å². The van der Waals surface area contributed by atoms with Gasteiger partial charge < -0.3 is 24.6 Å². The number of halogens is 3. The molecule has 0 radical (unpaired) electrons. The minimum Gasteiger partial charge on any atom is -0.495 e. The smallest absolute Gasteiger partial charge is 0.342 e. The molecule has 1 N–H and O–H groups in total. The minimum atomic E-state index is -3.62. The van der Waals surface area contributed by atoms with Crippen LogP contribution in [0.1, 0.15) is 24.2 Å². The number of esters is 1. The third kappa shape index (κ3) is 4.12. The van der Waals surface area contributed by atoms with Crippen molar-refractivity contribution in [1.29, 1.82) is 0 Å². The number of carbonyl (C=O) groups excluding carboxylic acids is 2. The molecule has 3 rings (SSSR count). The average Bonchev–Trinajstić information content (AvgIpc) is 2.82. The van der Waals surface area contributed by atoms with Crippen molar-refractivity contribution in [3.05, 3.63) is 29.7 Å². The van der Waals surface area contributed by atoms with Crippen molar-refractivity contribution in [2.45, 2.75) is 25.8 Å². The molecule has 172 valence electrons. The highest BCUT2D eigenvalue weighted by Gasteiger charge is 2.47. The van der Waals surface area contributed by atoms with Gasteiger partial charge in [0.25, 0.3) is 5.91 Å². The predicted octanol–water partition coefficient (Wildman–Crippen LogP) is 2.98. The number of anilines is 4. The Hall–Kier alpha value is -3.57. The van der Waals surface area contributed by atoms with Crippen LogP contribution in [0.4, 0.5) is 36.3 Å². The maximum absolute atomic E-state index is 14.4. The van der Waals surface area contributed by atoms with Crippen LogP contribution in [0.2, 0.25) is 0 Å². The number of fused-ring (bicyclic) bond motifs is 1. The number of methoxy groups -OCH3 is 2. The first-order valence-corrected chi connectivity index (χ1v) is 9.52. The van der Waals surface area contributed by atoms with Gasteiger partial charge in [0, 0.05) is 19.2 Å². The predicted molar refractivity (Wildman–Crippen MR) is 110 cm³/mol. The van der Waals surface area contributed by atoms with Crippen LogP contribution in [0.3, 0.4) is 0 Å². The molecule has 1 aliphatic heterocycles. The van der Waals surface area contributed by atoms with Gasteiger partial charge in [-0.05, 0) is 19.9 Å². The van der Waals surface area contributed by atoms with Crippen molar-refractivity contribution in [2.75, 3.05) is 42.9 Å². The van der Waals surface area contributed by atoms with Crippen molar-refractivity contribution in [3.63, 3.8) is 0 Å². The number of nitrogens with one attached hydrogen (secondary N) is 1. The standard InChI is InChI=1S/C20H22F3N5O4/c1-10(2)28-9-20(22,23)18(30)27(3)14-8-24-19(26-16(14)28)25-13-7-12(21)11(17(29)32-5)6-15(13)31-4/h6-8,10H,9H2,1-5H3,(H,24,25,26). The lowest BCUT2D eigenvalue weighted by Crippen LogP contribution is -2.47. The second-order valence-corrected chi connectivity index (χ2v) is 7.34. The van der Waals surface area contributed by atoms with Gasteiger partial charge in [0.1, 0.15) is 17.3 Å². The fraction of sp³-hybridized carbons (Fsp3) is 0.400. The van der Waals surface area contributed by atoms with Crippen LogP contribution >= 0.6 is 0 Å². The van der Waals surface area contributed by atoms with Gasteiger partial charge in [-0.3, -0.25) is 4.79 Å². The van der Waals surface area contributed by atoms with Gasteiger partial charge >= 0.3 is 11.9 Å². The number of hydrogen-bond donors (Lipinski definition) is 1. The quantitative estimate of drug-likeness (QED) is 0.691. The van der Waals surface area contributed by atoms with E-state index in [9.17, 15) is 22.8 Å². The lowest BCUT2D eigenvalue weighted by atomic mass is 10.1. The molecule has 0 bridgehead atoms. The van der Waals surface area contributed by atoms with Gasteiger partial charge in [0.2, 0.25) is 5.95 Å². The number of aromatic nitrogens is 2. The second-order valence-electron chi connectivity index (χ2n) is 7.34. The zero-order valence-electron chi connectivity index (χ0n) is 18.1. The van der Waals surface area contributed by atoms with Crippen LogP contribution in [0.25, 0.3) is 0 Å². The lowest BCUT2D eigenvalue weighted by molar-refractivity contribution is -0.140. The third-order valence-corrected chi connectivity index (χ3v) is 4.93. The van der Waals surface area contributed by atoms with Crippen LogP contribution in [-0.2, 0) is 9.53 Å². The largest absolute Gasteiger partial charge is 0.495 e. The Bertz CT molecular complexity index is 1060. The summed E-state index contributed by atoms with van der Waals surface area (Å²) in [6.07, 6.45) is 1.23. The Morgan fingerprint density at radius 2 is 1.97 bits per heavy atom. The van der Waals surface area contributed by atoms with E-state index in [4.69, 9.17) is 4.74 Å². The summed E-state index contributed by atoms with van der Waals surface area (Å²) in [5, 5.41) is 2.77. The molecule has 1 aliphatic rings. The first kappa shape index (κ1) is 23.1. The normalized spacial score (nSPS) is 15.3. The van der Waals surface area contributed by atoms with Crippen LogP contribution < -0.4 is 19.9 Å². The molecule has 1 amide bonds. The van der Waals surface area contributed by atoms with E-state index in [0.717, 1.165) is 24.1 Å². The maximum atomic E-state index is 14.4. The van der Waals surface area contributed by atoms with Gasteiger partial charge in [-0.1, -0.05) is 0 Å². The number of benzene rings is 1. The first-order chi connectivity index (χ1) is 15.0. The fourth-order valence-corrected chi connectivity index (χ4v) is 3.22. The van der Waals surface area contributed by atoms with Gasteiger partial charge in [-0.25, -0.2) is 14.2 Å². The Kier molecular flexibility index (Phi) is 6.15. The van der Waals surface area contributed by atoms with Crippen molar-refractivity contribution >= 4 is 35.0 Å². The van der Waals surface area contributed by atoms with Gasteiger partial charge in [-0.15, -0.1) is 0 Å². The highest BCUT2D eigenvalue weighted by Crippen LogP contribution is 2.37. The van der Waals surface area contributed by atoms with Gasteiger partial charge in [-0.2, -0.15) is 13.8 Å². The molecular formula is C20H22F3N5O4. The van der Waals surface area contributed by atoms with E-state index in [2.05, 4.69) is 20.0 Å². The molecule has 0 saturated carbocycles. The molecule has 9 nitrogen and oxygen atoms in total. The average molecular weight is 453 g/mol. The molecule has 2 aromatic rings. The zero-order valence-corrected chi connectivity index (χ0v) is 18.1.